The van der Waals surface area contributed by atoms with Crippen LogP contribution >= 0.6 is 0 Å². The van der Waals surface area contributed by atoms with E-state index in [4.69, 9.17) is 0 Å². The van der Waals surface area contributed by atoms with E-state index in [0.29, 0.717) is 22.8 Å². The molecule has 31 heavy (non-hydrogen) atoms. The number of rotatable bonds is 5. The standard InChI is InChI=1S/C20H24F3N3O3SSi/c1-19(2,3)31(4,5)18-16(29-30(27,28)20(21,22)23)12-11-15-17(18)24-25-26(15)13-14-9-7-6-8-10-14/h6-12H,13H2,1-5H3. The van der Waals surface area contributed by atoms with Crippen molar-refractivity contribution in [3.05, 3.63) is 48.0 Å². The van der Waals surface area contributed by atoms with Crippen molar-refractivity contribution in [3.63, 3.8) is 0 Å². The molecule has 1 heterocycles. The molecule has 0 aliphatic heterocycles. The Hall–Kier alpha value is -2.40. The van der Waals surface area contributed by atoms with Crippen LogP contribution in [0.5, 0.6) is 5.75 Å². The van der Waals surface area contributed by atoms with E-state index in [-0.39, 0.29) is 10.8 Å². The van der Waals surface area contributed by atoms with Gasteiger partial charge in [-0.3, -0.25) is 0 Å². The Bertz CT molecular complexity index is 1200. The van der Waals surface area contributed by atoms with E-state index in [1.54, 1.807) is 4.68 Å². The predicted octanol–water partition coefficient (Wildman–Crippen LogP) is 4.42. The zero-order chi connectivity index (χ0) is 23.2. The lowest BCUT2D eigenvalue weighted by Crippen LogP contribution is -2.51. The lowest BCUT2D eigenvalue weighted by Gasteiger charge is -2.38. The van der Waals surface area contributed by atoms with Gasteiger partial charge in [0.1, 0.15) is 11.3 Å². The maximum Gasteiger partial charge on any atom is 0.534 e. The summed E-state index contributed by atoms with van der Waals surface area (Å²) in [7, 11) is -8.42. The summed E-state index contributed by atoms with van der Waals surface area (Å²) in [6, 6.07) is 12.3. The van der Waals surface area contributed by atoms with E-state index in [1.165, 1.54) is 12.1 Å². The van der Waals surface area contributed by atoms with Crippen molar-refractivity contribution in [1.82, 2.24) is 15.0 Å². The van der Waals surface area contributed by atoms with Crippen molar-refractivity contribution in [1.29, 1.82) is 0 Å². The van der Waals surface area contributed by atoms with Gasteiger partial charge in [0.05, 0.1) is 20.1 Å². The average molecular weight is 472 g/mol. The third-order valence-corrected chi connectivity index (χ3v) is 12.3. The van der Waals surface area contributed by atoms with Crippen molar-refractivity contribution < 1.29 is 25.8 Å². The molecule has 3 rings (SSSR count). The normalized spacial score (nSPS) is 13.5. The van der Waals surface area contributed by atoms with Crippen LogP contribution < -0.4 is 9.37 Å². The number of nitrogens with zero attached hydrogens (tertiary/aromatic N) is 3. The molecule has 1 aromatic heterocycles. The summed E-state index contributed by atoms with van der Waals surface area (Å²) in [5, 5.41) is 8.50. The van der Waals surface area contributed by atoms with Gasteiger partial charge in [-0.2, -0.15) is 21.6 Å². The van der Waals surface area contributed by atoms with E-state index >= 15 is 0 Å². The number of fused-ring (bicyclic) bond motifs is 1. The van der Waals surface area contributed by atoms with Gasteiger partial charge in [0.2, 0.25) is 0 Å². The monoisotopic (exact) mass is 471 g/mol. The lowest BCUT2D eigenvalue weighted by molar-refractivity contribution is -0.0499. The van der Waals surface area contributed by atoms with Crippen LogP contribution in [0.15, 0.2) is 42.5 Å². The SMILES string of the molecule is CC(C)(C)[Si](C)(C)c1c(OS(=O)(=O)C(F)(F)F)ccc2c1nnn2Cc1ccccc1. The Balaban J connectivity index is 2.22. The van der Waals surface area contributed by atoms with Crippen LogP contribution in [0.1, 0.15) is 26.3 Å². The minimum absolute atomic E-state index is 0.329. The molecule has 0 fully saturated rings. The minimum Gasteiger partial charge on any atom is -0.376 e. The minimum atomic E-state index is -5.82. The summed E-state index contributed by atoms with van der Waals surface area (Å²) in [4.78, 5) is 0. The topological polar surface area (TPSA) is 74.1 Å². The first-order valence-electron chi connectivity index (χ1n) is 9.56. The molecule has 0 aliphatic carbocycles. The van der Waals surface area contributed by atoms with Gasteiger partial charge < -0.3 is 4.18 Å². The van der Waals surface area contributed by atoms with Crippen molar-refractivity contribution in [2.75, 3.05) is 0 Å². The van der Waals surface area contributed by atoms with E-state index in [0.717, 1.165) is 5.56 Å². The van der Waals surface area contributed by atoms with Gasteiger partial charge in [-0.25, -0.2) is 4.68 Å². The van der Waals surface area contributed by atoms with Gasteiger partial charge in [-0.05, 0) is 22.7 Å². The second-order valence-corrected chi connectivity index (χ2v) is 15.7. The zero-order valence-corrected chi connectivity index (χ0v) is 19.7. The molecule has 0 spiro atoms. The number of alkyl halides is 3. The highest BCUT2D eigenvalue weighted by atomic mass is 32.2. The summed E-state index contributed by atoms with van der Waals surface area (Å²) < 4.78 is 68.8. The van der Waals surface area contributed by atoms with Crippen LogP contribution in [0.2, 0.25) is 18.1 Å². The molecule has 0 saturated heterocycles. The van der Waals surface area contributed by atoms with Gasteiger partial charge in [-0.15, -0.1) is 5.10 Å². The summed E-state index contributed by atoms with van der Waals surface area (Å²) >= 11 is 0. The van der Waals surface area contributed by atoms with Crippen LogP contribution in [-0.4, -0.2) is 37.0 Å². The molecule has 0 N–H and O–H groups in total. The van der Waals surface area contributed by atoms with Crippen molar-refractivity contribution in [2.24, 2.45) is 0 Å². The van der Waals surface area contributed by atoms with Gasteiger partial charge >= 0.3 is 15.6 Å². The fraction of sp³-hybridized carbons (Fsp3) is 0.400. The molecule has 0 bridgehead atoms. The van der Waals surface area contributed by atoms with Crippen molar-refractivity contribution >= 4 is 34.4 Å². The molecule has 2 aromatic carbocycles. The Kier molecular flexibility index (Phi) is 5.72. The number of benzene rings is 2. The summed E-state index contributed by atoms with van der Waals surface area (Å²) in [6.45, 7) is 10.2. The highest BCUT2D eigenvalue weighted by molar-refractivity contribution is 7.88. The van der Waals surface area contributed by atoms with Gasteiger partial charge in [0.15, 0.2) is 0 Å². The Morgan fingerprint density at radius 2 is 1.65 bits per heavy atom. The second kappa shape index (κ2) is 7.63. The van der Waals surface area contributed by atoms with E-state index in [9.17, 15) is 21.6 Å². The second-order valence-electron chi connectivity index (χ2n) is 8.90. The molecule has 11 heteroatoms. The molecule has 0 amide bonds. The average Bonchev–Trinajstić information content (AvgIpc) is 3.02. The fourth-order valence-electron chi connectivity index (χ4n) is 3.11. The number of halogens is 3. The van der Waals surface area contributed by atoms with Gasteiger partial charge in [0.25, 0.3) is 0 Å². The first-order valence-corrected chi connectivity index (χ1v) is 14.0. The molecule has 6 nitrogen and oxygen atoms in total. The number of hydrogen-bond acceptors (Lipinski definition) is 5. The number of aromatic nitrogens is 3. The van der Waals surface area contributed by atoms with E-state index in [1.807, 2.05) is 64.2 Å². The van der Waals surface area contributed by atoms with Crippen LogP contribution in [0.3, 0.4) is 0 Å². The molecule has 0 saturated carbocycles. The zero-order valence-electron chi connectivity index (χ0n) is 17.9. The summed E-state index contributed by atoms with van der Waals surface area (Å²) in [6.07, 6.45) is 0. The maximum atomic E-state index is 13.0. The molecular weight excluding hydrogens is 447 g/mol. The largest absolute Gasteiger partial charge is 0.534 e. The third-order valence-electron chi connectivity index (χ3n) is 5.81. The lowest BCUT2D eigenvalue weighted by atomic mass is 10.2. The predicted molar refractivity (Wildman–Crippen MR) is 116 cm³/mol. The smallest absolute Gasteiger partial charge is 0.376 e. The quantitative estimate of drug-likeness (QED) is 0.313. The highest BCUT2D eigenvalue weighted by Crippen LogP contribution is 2.39. The van der Waals surface area contributed by atoms with Crippen LogP contribution in [0.4, 0.5) is 13.2 Å². The van der Waals surface area contributed by atoms with Gasteiger partial charge in [0, 0.05) is 5.19 Å². The number of hydrogen-bond donors (Lipinski definition) is 0. The Morgan fingerprint density at radius 1 is 1.03 bits per heavy atom. The fourth-order valence-corrected chi connectivity index (χ4v) is 5.92. The first-order chi connectivity index (χ1) is 14.1. The maximum absolute atomic E-state index is 13.0. The van der Waals surface area contributed by atoms with Crippen molar-refractivity contribution in [3.8, 4) is 5.75 Å². The van der Waals surface area contributed by atoms with Crippen molar-refractivity contribution in [2.45, 2.75) is 51.0 Å². The molecule has 0 atom stereocenters. The molecular formula is C20H24F3N3O3SSi. The molecule has 0 aliphatic rings. The molecule has 3 aromatic rings. The Labute approximate surface area is 180 Å². The Morgan fingerprint density at radius 3 is 2.19 bits per heavy atom. The van der Waals surface area contributed by atoms with E-state index in [2.05, 4.69) is 14.5 Å². The molecule has 0 radical (unpaired) electrons. The van der Waals surface area contributed by atoms with Crippen LogP contribution in [0.25, 0.3) is 11.0 Å². The van der Waals surface area contributed by atoms with E-state index < -0.39 is 23.7 Å². The summed E-state index contributed by atoms with van der Waals surface area (Å²) in [5.41, 5.74) is -3.60. The molecule has 168 valence electrons. The first kappa shape index (κ1) is 23.3. The summed E-state index contributed by atoms with van der Waals surface area (Å²) in [5.74, 6) is -0.344. The van der Waals surface area contributed by atoms with Crippen LogP contribution in [0, 0.1) is 0 Å². The highest BCUT2D eigenvalue weighted by Gasteiger charge is 2.50. The van der Waals surface area contributed by atoms with Crippen LogP contribution in [-0.2, 0) is 16.7 Å². The molecule has 0 unspecified atom stereocenters. The van der Waals surface area contributed by atoms with Gasteiger partial charge in [-0.1, -0.05) is 69.4 Å². The third kappa shape index (κ3) is 4.33.